The Kier molecular flexibility index (Phi) is 6.48. The summed E-state index contributed by atoms with van der Waals surface area (Å²) in [7, 11) is 1.56. The zero-order valence-corrected chi connectivity index (χ0v) is 19.0. The molecule has 156 valence electrons. The molecule has 0 aliphatic heterocycles. The van der Waals surface area contributed by atoms with Crippen LogP contribution in [0, 0.1) is 12.4 Å². The van der Waals surface area contributed by atoms with E-state index in [1.807, 2.05) is 36.4 Å². The van der Waals surface area contributed by atoms with E-state index in [4.69, 9.17) is 14.7 Å². The third kappa shape index (κ3) is 3.93. The Morgan fingerprint density at radius 3 is 2.10 bits per heavy atom. The quantitative estimate of drug-likeness (QED) is 0.351. The third-order valence-corrected chi connectivity index (χ3v) is 4.74. The average Bonchev–Trinajstić information content (AvgIpc) is 3.43. The van der Waals surface area contributed by atoms with Gasteiger partial charge in [0.05, 0.1) is 13.7 Å². The number of nitrogens with zero attached hydrogens (tertiary/aromatic N) is 6. The van der Waals surface area contributed by atoms with Gasteiger partial charge in [-0.25, -0.2) is 0 Å². The molecule has 0 amide bonds. The maximum absolute atomic E-state index is 9.48. The van der Waals surface area contributed by atoms with Crippen molar-refractivity contribution in [3.05, 3.63) is 78.4 Å². The van der Waals surface area contributed by atoms with E-state index >= 15 is 0 Å². The molecule has 1 N–H and O–H groups in total. The minimum absolute atomic E-state index is 0. The second-order valence-electron chi connectivity index (χ2n) is 6.89. The van der Waals surface area contributed by atoms with Gasteiger partial charge in [-0.15, -0.1) is 0 Å². The molecule has 30 heavy (non-hydrogen) atoms. The molecule has 4 aromatic heterocycles. The second-order valence-corrected chi connectivity index (χ2v) is 6.89. The molecule has 0 aromatic carbocycles. The van der Waals surface area contributed by atoms with Crippen LogP contribution in [0.5, 0.6) is 6.01 Å². The Morgan fingerprint density at radius 2 is 1.50 bits per heavy atom. The first-order valence-corrected chi connectivity index (χ1v) is 9.05. The van der Waals surface area contributed by atoms with Crippen molar-refractivity contribution in [2.24, 2.45) is 0 Å². The summed E-state index contributed by atoms with van der Waals surface area (Å²) in [5.74, 6) is 1.78. The van der Waals surface area contributed by atoms with Crippen molar-refractivity contribution in [1.29, 1.82) is 0 Å². The third-order valence-electron chi connectivity index (χ3n) is 4.74. The number of aliphatic hydroxyl groups is 1. The van der Waals surface area contributed by atoms with Gasteiger partial charge in [-0.3, -0.25) is 15.0 Å². The van der Waals surface area contributed by atoms with Crippen molar-refractivity contribution in [2.75, 3.05) is 7.11 Å². The Balaban J connectivity index is 0.00000256. The van der Waals surface area contributed by atoms with E-state index in [9.17, 15) is 5.11 Å². The van der Waals surface area contributed by atoms with Gasteiger partial charge < -0.3 is 24.0 Å². The largest absolute Gasteiger partial charge is 2.00 e. The Labute approximate surface area is 188 Å². The van der Waals surface area contributed by atoms with E-state index in [0.29, 0.717) is 23.5 Å². The molecular formula is C21H20N6O2Pt. The number of hydrogen-bond acceptors (Lipinski definition) is 6. The van der Waals surface area contributed by atoms with Gasteiger partial charge in [0, 0.05) is 34.3 Å². The van der Waals surface area contributed by atoms with Gasteiger partial charge in [0.2, 0.25) is 0 Å². The van der Waals surface area contributed by atoms with Crippen molar-refractivity contribution in [3.63, 3.8) is 0 Å². The molecule has 0 saturated carbocycles. The fraction of sp³-hybridized carbons (Fsp3) is 0.238. The maximum Gasteiger partial charge on any atom is 2.00 e. The van der Waals surface area contributed by atoms with Crippen LogP contribution in [0.4, 0.5) is 0 Å². The van der Waals surface area contributed by atoms with E-state index in [1.54, 1.807) is 22.4 Å². The molecule has 8 nitrogen and oxygen atoms in total. The minimum atomic E-state index is -0.486. The summed E-state index contributed by atoms with van der Waals surface area (Å²) >= 11 is 0. The maximum atomic E-state index is 9.48. The summed E-state index contributed by atoms with van der Waals surface area (Å²) in [5.41, 5.74) is 1.17. The van der Waals surface area contributed by atoms with Crippen LogP contribution in [0.15, 0.2) is 48.8 Å². The monoisotopic (exact) mass is 583 g/mol. The Hall–Kier alpha value is -2.83. The zero-order chi connectivity index (χ0) is 20.4. The number of imidazole rings is 2. The van der Waals surface area contributed by atoms with Gasteiger partial charge >= 0.3 is 21.1 Å². The van der Waals surface area contributed by atoms with Crippen molar-refractivity contribution >= 4 is 0 Å². The van der Waals surface area contributed by atoms with E-state index < -0.39 is 5.41 Å². The molecule has 9 heteroatoms. The molecule has 0 bridgehead atoms. The van der Waals surface area contributed by atoms with Gasteiger partial charge in [0.15, 0.2) is 6.01 Å². The Bertz CT molecular complexity index is 1050. The number of hydrogen-bond donors (Lipinski definition) is 1. The molecule has 0 spiro atoms. The summed E-state index contributed by atoms with van der Waals surface area (Å²) in [6.45, 7) is 3.93. The fourth-order valence-corrected chi connectivity index (χ4v) is 3.09. The zero-order valence-electron chi connectivity index (χ0n) is 16.7. The molecule has 0 saturated heterocycles. The van der Waals surface area contributed by atoms with Gasteiger partial charge in [-0.2, -0.15) is 0 Å². The molecule has 4 aromatic rings. The van der Waals surface area contributed by atoms with Crippen LogP contribution < -0.4 is 4.74 Å². The number of aromatic nitrogens is 6. The van der Waals surface area contributed by atoms with Crippen LogP contribution in [0.3, 0.4) is 0 Å². The first-order valence-electron chi connectivity index (χ1n) is 9.05. The van der Waals surface area contributed by atoms with Crippen LogP contribution in [0.1, 0.15) is 31.1 Å². The van der Waals surface area contributed by atoms with Crippen LogP contribution in [0.2, 0.25) is 0 Å². The molecular weight excluding hydrogens is 563 g/mol. The average molecular weight is 584 g/mol. The summed E-state index contributed by atoms with van der Waals surface area (Å²) in [4.78, 5) is 17.8. The Morgan fingerprint density at radius 1 is 0.933 bits per heavy atom. The minimum Gasteiger partial charge on any atom is -0.525 e. The van der Waals surface area contributed by atoms with E-state index in [2.05, 4.69) is 36.2 Å². The van der Waals surface area contributed by atoms with Crippen LogP contribution in [-0.4, -0.2) is 41.3 Å². The topological polar surface area (TPSA) is 90.9 Å². The van der Waals surface area contributed by atoms with Crippen molar-refractivity contribution in [1.82, 2.24) is 29.1 Å². The summed E-state index contributed by atoms with van der Waals surface area (Å²) in [5, 5.41) is 9.48. The summed E-state index contributed by atoms with van der Waals surface area (Å²) < 4.78 is 8.58. The molecule has 0 radical (unpaired) electrons. The van der Waals surface area contributed by atoms with Crippen LogP contribution in [0.25, 0.3) is 11.6 Å². The van der Waals surface area contributed by atoms with Crippen molar-refractivity contribution < 1.29 is 30.9 Å². The van der Waals surface area contributed by atoms with E-state index in [1.165, 1.54) is 6.20 Å². The van der Waals surface area contributed by atoms with Crippen molar-refractivity contribution in [3.8, 4) is 17.6 Å². The van der Waals surface area contributed by atoms with Crippen LogP contribution >= 0.6 is 0 Å². The summed E-state index contributed by atoms with van der Waals surface area (Å²) in [6, 6.07) is 11.9. The number of ether oxygens (including phenoxy) is 1. The normalized spacial score (nSPS) is 11.2. The molecule has 4 rings (SSSR count). The number of pyridine rings is 2. The standard InChI is InChI=1S/C21H20N6O2.Pt/c1-21(2,15-6-4-8-17(24-15)26-12-10-22-19(26)14-28)16-7-5-9-18(25-16)27-13-11-23-20(27)29-3;/h4-11,28H,14H2,1-3H3;/q-2;+2. The SMILES string of the molecule is COc1nc[c-]n1-c1cccc(C(C)(C)c2cccc(-n3[c-]cnc3CO)n2)n1.[Pt+2]. The second kappa shape index (κ2) is 8.90. The van der Waals surface area contributed by atoms with E-state index in [-0.39, 0.29) is 27.7 Å². The van der Waals surface area contributed by atoms with Gasteiger partial charge in [0.1, 0.15) is 0 Å². The predicted octanol–water partition coefficient (Wildman–Crippen LogP) is 2.27. The number of methoxy groups -OCH3 is 1. The van der Waals surface area contributed by atoms with Gasteiger partial charge in [-0.05, 0) is 38.4 Å². The smallest absolute Gasteiger partial charge is 0.525 e. The van der Waals surface area contributed by atoms with E-state index in [0.717, 1.165) is 11.4 Å². The van der Waals surface area contributed by atoms with Gasteiger partial charge in [0.25, 0.3) is 0 Å². The molecule has 0 unspecified atom stereocenters. The van der Waals surface area contributed by atoms with Crippen LogP contribution in [-0.2, 0) is 33.1 Å². The molecule has 0 aliphatic carbocycles. The molecule has 0 aliphatic rings. The molecule has 0 fully saturated rings. The number of rotatable bonds is 6. The first-order chi connectivity index (χ1) is 14.0. The number of aliphatic hydroxyl groups excluding tert-OH is 1. The van der Waals surface area contributed by atoms with Gasteiger partial charge in [-0.1, -0.05) is 36.7 Å². The fourth-order valence-electron chi connectivity index (χ4n) is 3.09. The molecule has 4 heterocycles. The predicted molar refractivity (Wildman–Crippen MR) is 105 cm³/mol. The van der Waals surface area contributed by atoms with Crippen molar-refractivity contribution in [2.45, 2.75) is 25.9 Å². The first kappa shape index (κ1) is 21.9. The molecule has 0 atom stereocenters. The summed E-state index contributed by atoms with van der Waals surface area (Å²) in [6.07, 6.45) is 9.03.